The van der Waals surface area contributed by atoms with Gasteiger partial charge in [-0.05, 0) is 31.2 Å². The Labute approximate surface area is 138 Å². The third-order valence-electron chi connectivity index (χ3n) is 2.96. The first-order valence-electron chi connectivity index (χ1n) is 6.13. The van der Waals surface area contributed by atoms with Crippen molar-refractivity contribution in [2.75, 3.05) is 4.72 Å². The Morgan fingerprint density at radius 2 is 1.95 bits per heavy atom. The summed E-state index contributed by atoms with van der Waals surface area (Å²) >= 11 is 4.55. The number of nitrogens with zero attached hydrogens (tertiary/aromatic N) is 2. The van der Waals surface area contributed by atoms with E-state index in [0.717, 1.165) is 4.47 Å². The molecule has 0 unspecified atom stereocenters. The van der Waals surface area contributed by atoms with Crippen LogP contribution in [0.1, 0.15) is 5.69 Å². The SMILES string of the molecule is Cc1nc2sccn2c(=O)c1S(=O)(=O)Nc1ccc(Br)cc1. The number of nitrogens with one attached hydrogen (secondary N) is 1. The zero-order chi connectivity index (χ0) is 15.9. The summed E-state index contributed by atoms with van der Waals surface area (Å²) in [5.74, 6) is 0. The molecule has 22 heavy (non-hydrogen) atoms. The van der Waals surface area contributed by atoms with Crippen LogP contribution in [0.5, 0.6) is 0 Å². The monoisotopic (exact) mass is 399 g/mol. The fourth-order valence-electron chi connectivity index (χ4n) is 2.00. The minimum absolute atomic E-state index is 0.178. The van der Waals surface area contributed by atoms with Crippen molar-refractivity contribution in [3.8, 4) is 0 Å². The number of hydrogen-bond donors (Lipinski definition) is 1. The molecule has 0 fully saturated rings. The van der Waals surface area contributed by atoms with Gasteiger partial charge in [-0.2, -0.15) is 0 Å². The lowest BCUT2D eigenvalue weighted by Crippen LogP contribution is -2.27. The van der Waals surface area contributed by atoms with Crippen LogP contribution in [0.2, 0.25) is 0 Å². The molecule has 1 aromatic carbocycles. The highest BCUT2D eigenvalue weighted by Gasteiger charge is 2.24. The van der Waals surface area contributed by atoms with Crippen LogP contribution in [-0.4, -0.2) is 17.8 Å². The van der Waals surface area contributed by atoms with E-state index in [0.29, 0.717) is 10.6 Å². The quantitative estimate of drug-likeness (QED) is 0.733. The van der Waals surface area contributed by atoms with Gasteiger partial charge >= 0.3 is 0 Å². The van der Waals surface area contributed by atoms with Crippen LogP contribution in [0.15, 0.2) is 50.0 Å². The zero-order valence-corrected chi connectivity index (χ0v) is 14.5. The Balaban J connectivity index is 2.12. The van der Waals surface area contributed by atoms with Crippen molar-refractivity contribution >= 4 is 47.9 Å². The lowest BCUT2D eigenvalue weighted by atomic mass is 10.3. The van der Waals surface area contributed by atoms with Gasteiger partial charge in [-0.3, -0.25) is 13.9 Å². The first-order valence-corrected chi connectivity index (χ1v) is 9.29. The topological polar surface area (TPSA) is 80.5 Å². The number of sulfonamides is 1. The van der Waals surface area contributed by atoms with Crippen molar-refractivity contribution in [2.45, 2.75) is 11.8 Å². The van der Waals surface area contributed by atoms with E-state index in [1.54, 1.807) is 29.6 Å². The van der Waals surface area contributed by atoms with Gasteiger partial charge < -0.3 is 0 Å². The maximum absolute atomic E-state index is 12.5. The number of hydrogen-bond acceptors (Lipinski definition) is 5. The van der Waals surface area contributed by atoms with Crippen LogP contribution < -0.4 is 10.3 Å². The molecule has 0 saturated carbocycles. The molecule has 114 valence electrons. The number of aryl methyl sites for hydroxylation is 1. The molecule has 2 heterocycles. The van der Waals surface area contributed by atoms with Crippen LogP contribution in [0.3, 0.4) is 0 Å². The van der Waals surface area contributed by atoms with Gasteiger partial charge in [0.15, 0.2) is 9.86 Å². The molecule has 0 bridgehead atoms. The standard InChI is InChI=1S/C13H10BrN3O3S2/c1-8-11(12(18)17-6-7-21-13(17)15-8)22(19,20)16-10-4-2-9(14)3-5-10/h2-7,16H,1H3. The number of anilines is 1. The fraction of sp³-hybridized carbons (Fsp3) is 0.0769. The van der Waals surface area contributed by atoms with Gasteiger partial charge in [-0.15, -0.1) is 11.3 Å². The molecule has 0 saturated heterocycles. The minimum atomic E-state index is -4.01. The van der Waals surface area contributed by atoms with E-state index >= 15 is 0 Å². The van der Waals surface area contributed by atoms with Gasteiger partial charge in [0.1, 0.15) is 0 Å². The van der Waals surface area contributed by atoms with Crippen LogP contribution in [0, 0.1) is 6.92 Å². The molecule has 0 aliphatic heterocycles. The van der Waals surface area contributed by atoms with E-state index in [2.05, 4.69) is 25.6 Å². The summed E-state index contributed by atoms with van der Waals surface area (Å²) in [4.78, 5) is 16.7. The summed E-state index contributed by atoms with van der Waals surface area (Å²) in [6.45, 7) is 1.51. The molecule has 9 heteroatoms. The van der Waals surface area contributed by atoms with E-state index in [4.69, 9.17) is 0 Å². The number of fused-ring (bicyclic) bond motifs is 1. The Hall–Kier alpha value is -1.71. The highest BCUT2D eigenvalue weighted by Crippen LogP contribution is 2.19. The smallest absolute Gasteiger partial charge is 0.279 e. The summed E-state index contributed by atoms with van der Waals surface area (Å²) in [5.41, 5.74) is -0.0529. The maximum atomic E-state index is 12.5. The normalized spacial score (nSPS) is 11.7. The second-order valence-electron chi connectivity index (χ2n) is 4.50. The average Bonchev–Trinajstić information content (AvgIpc) is 2.89. The third-order valence-corrected chi connectivity index (χ3v) is 5.76. The van der Waals surface area contributed by atoms with Crippen molar-refractivity contribution in [2.24, 2.45) is 0 Å². The van der Waals surface area contributed by atoms with Gasteiger partial charge in [0.25, 0.3) is 15.6 Å². The Kier molecular flexibility index (Phi) is 3.79. The lowest BCUT2D eigenvalue weighted by molar-refractivity contribution is 0.598. The number of benzene rings is 1. The third kappa shape index (κ3) is 2.67. The average molecular weight is 400 g/mol. The van der Waals surface area contributed by atoms with Crippen LogP contribution in [0.4, 0.5) is 5.69 Å². The van der Waals surface area contributed by atoms with Gasteiger partial charge in [-0.25, -0.2) is 13.4 Å². The second-order valence-corrected chi connectivity index (χ2v) is 7.91. The highest BCUT2D eigenvalue weighted by molar-refractivity contribution is 9.10. The number of halogens is 1. The summed E-state index contributed by atoms with van der Waals surface area (Å²) in [6.07, 6.45) is 1.51. The van der Waals surface area contributed by atoms with Crippen molar-refractivity contribution < 1.29 is 8.42 Å². The Morgan fingerprint density at radius 3 is 2.64 bits per heavy atom. The Morgan fingerprint density at radius 1 is 1.27 bits per heavy atom. The second kappa shape index (κ2) is 5.49. The molecule has 0 atom stereocenters. The van der Waals surface area contributed by atoms with Crippen LogP contribution in [0.25, 0.3) is 4.96 Å². The van der Waals surface area contributed by atoms with E-state index in [9.17, 15) is 13.2 Å². The van der Waals surface area contributed by atoms with E-state index in [1.165, 1.54) is 28.9 Å². The number of aromatic nitrogens is 2. The lowest BCUT2D eigenvalue weighted by Gasteiger charge is -2.09. The zero-order valence-electron chi connectivity index (χ0n) is 11.3. The first kappa shape index (κ1) is 15.2. The van der Waals surface area contributed by atoms with Crippen molar-refractivity contribution in [3.05, 3.63) is 56.4 Å². The van der Waals surface area contributed by atoms with Crippen molar-refractivity contribution in [3.63, 3.8) is 0 Å². The van der Waals surface area contributed by atoms with E-state index in [1.807, 2.05) is 0 Å². The molecular weight excluding hydrogens is 390 g/mol. The molecule has 0 amide bonds. The number of rotatable bonds is 3. The maximum Gasteiger partial charge on any atom is 0.279 e. The van der Waals surface area contributed by atoms with E-state index in [-0.39, 0.29) is 10.6 Å². The molecule has 6 nitrogen and oxygen atoms in total. The predicted molar refractivity (Wildman–Crippen MR) is 89.0 cm³/mol. The molecule has 0 spiro atoms. The summed E-state index contributed by atoms with van der Waals surface area (Å²) in [5, 5.41) is 1.68. The molecule has 0 radical (unpaired) electrons. The Bertz CT molecular complexity index is 1010. The highest BCUT2D eigenvalue weighted by atomic mass is 79.9. The van der Waals surface area contributed by atoms with E-state index < -0.39 is 15.6 Å². The molecule has 3 aromatic rings. The van der Waals surface area contributed by atoms with Gasteiger partial charge in [0, 0.05) is 21.7 Å². The van der Waals surface area contributed by atoms with Crippen LogP contribution in [-0.2, 0) is 10.0 Å². The van der Waals surface area contributed by atoms with Crippen molar-refractivity contribution in [1.82, 2.24) is 9.38 Å². The fourth-order valence-corrected chi connectivity index (χ4v) is 4.33. The molecule has 2 aromatic heterocycles. The molecule has 0 aliphatic carbocycles. The molecular formula is C13H10BrN3O3S2. The molecule has 3 rings (SSSR count). The molecule has 1 N–H and O–H groups in total. The largest absolute Gasteiger partial charge is 0.279 e. The van der Waals surface area contributed by atoms with Gasteiger partial charge in [-0.1, -0.05) is 15.9 Å². The van der Waals surface area contributed by atoms with Crippen molar-refractivity contribution in [1.29, 1.82) is 0 Å². The predicted octanol–water partition coefficient (Wildman–Crippen LogP) is 2.63. The number of thiazole rings is 1. The van der Waals surface area contributed by atoms with Gasteiger partial charge in [0.2, 0.25) is 0 Å². The summed E-state index contributed by atoms with van der Waals surface area (Å²) in [7, 11) is -4.01. The van der Waals surface area contributed by atoms with Gasteiger partial charge in [0.05, 0.1) is 5.69 Å². The summed E-state index contributed by atoms with van der Waals surface area (Å²) in [6, 6.07) is 6.62. The molecule has 0 aliphatic rings. The summed E-state index contributed by atoms with van der Waals surface area (Å²) < 4.78 is 29.5. The first-order chi connectivity index (χ1) is 10.4. The minimum Gasteiger partial charge on any atom is -0.279 e. The van der Waals surface area contributed by atoms with Crippen LogP contribution >= 0.6 is 27.3 Å².